The van der Waals surface area contributed by atoms with E-state index in [1.165, 1.54) is 11.1 Å². The van der Waals surface area contributed by atoms with Gasteiger partial charge in [0.1, 0.15) is 6.61 Å². The monoisotopic (exact) mass is 355 g/mol. The van der Waals surface area contributed by atoms with E-state index in [1.807, 2.05) is 18.2 Å². The van der Waals surface area contributed by atoms with Gasteiger partial charge in [-0.05, 0) is 23.3 Å². The summed E-state index contributed by atoms with van der Waals surface area (Å²) in [4.78, 5) is 4.93. The zero-order valence-corrected chi connectivity index (χ0v) is 15.1. The summed E-state index contributed by atoms with van der Waals surface area (Å²) in [5, 5.41) is 11.3. The predicted molar refractivity (Wildman–Crippen MR) is 102 cm³/mol. The molecule has 0 spiro atoms. The molecule has 0 amide bonds. The summed E-state index contributed by atoms with van der Waals surface area (Å²) in [6.45, 7) is 4.78. The molecule has 131 valence electrons. The fourth-order valence-electron chi connectivity index (χ4n) is 3.39. The molecule has 1 aliphatic heterocycles. The molecule has 0 saturated carbocycles. The second-order valence-electron chi connectivity index (χ2n) is 6.34. The molecule has 1 radical (unpaired) electrons. The quantitative estimate of drug-likeness (QED) is 0.731. The Bertz CT molecular complexity index is 664. The summed E-state index contributed by atoms with van der Waals surface area (Å²) < 4.78 is 0. The van der Waals surface area contributed by atoms with Crippen molar-refractivity contribution in [1.29, 1.82) is 0 Å². The molecule has 0 bridgehead atoms. The van der Waals surface area contributed by atoms with Crippen LogP contribution in [0.25, 0.3) is 0 Å². The van der Waals surface area contributed by atoms with Gasteiger partial charge < -0.3 is 0 Å². The molecular formula is C21H24ClN2O. The third-order valence-electron chi connectivity index (χ3n) is 4.70. The van der Waals surface area contributed by atoms with Crippen LogP contribution in [0.5, 0.6) is 0 Å². The van der Waals surface area contributed by atoms with Crippen LogP contribution >= 0.6 is 11.6 Å². The van der Waals surface area contributed by atoms with Gasteiger partial charge in [-0.1, -0.05) is 66.2 Å². The number of hydrogen-bond donors (Lipinski definition) is 0. The minimum atomic E-state index is -0.132. The van der Waals surface area contributed by atoms with E-state index < -0.39 is 0 Å². The first-order chi connectivity index (χ1) is 12.3. The molecule has 25 heavy (non-hydrogen) atoms. The number of rotatable bonds is 6. The van der Waals surface area contributed by atoms with E-state index in [9.17, 15) is 5.11 Å². The standard InChI is InChI=1S/C21H24ClN2O/c22-20-10-8-19(9-11-20)21(18-6-2-1-3-7-18)24-15-13-23(14-16-24)12-4-5-17-25/h1-11,21H,12-17H2/b5-4-. The minimum absolute atomic E-state index is 0.132. The van der Waals surface area contributed by atoms with Crippen molar-refractivity contribution in [3.63, 3.8) is 0 Å². The highest BCUT2D eigenvalue weighted by molar-refractivity contribution is 6.30. The zero-order chi connectivity index (χ0) is 17.5. The van der Waals surface area contributed by atoms with Crippen LogP contribution in [0.1, 0.15) is 17.2 Å². The van der Waals surface area contributed by atoms with Gasteiger partial charge in [-0.3, -0.25) is 9.80 Å². The molecule has 2 aromatic rings. The van der Waals surface area contributed by atoms with E-state index in [1.54, 1.807) is 6.08 Å². The maximum absolute atomic E-state index is 10.5. The van der Waals surface area contributed by atoms with Crippen molar-refractivity contribution in [3.05, 3.63) is 82.9 Å². The van der Waals surface area contributed by atoms with Crippen LogP contribution in [0.4, 0.5) is 0 Å². The molecule has 1 atom stereocenters. The zero-order valence-electron chi connectivity index (χ0n) is 14.4. The first-order valence-electron chi connectivity index (χ1n) is 8.78. The third kappa shape index (κ3) is 4.93. The van der Waals surface area contributed by atoms with Gasteiger partial charge in [-0.25, -0.2) is 5.11 Å². The van der Waals surface area contributed by atoms with Crippen LogP contribution in [0.2, 0.25) is 5.02 Å². The van der Waals surface area contributed by atoms with Gasteiger partial charge in [0, 0.05) is 37.7 Å². The molecule has 4 heteroatoms. The van der Waals surface area contributed by atoms with Crippen LogP contribution in [0, 0.1) is 0 Å². The Morgan fingerprint density at radius 2 is 1.52 bits per heavy atom. The lowest BCUT2D eigenvalue weighted by Crippen LogP contribution is -2.47. The van der Waals surface area contributed by atoms with Crippen molar-refractivity contribution in [2.75, 3.05) is 39.3 Å². The van der Waals surface area contributed by atoms with Gasteiger partial charge in [-0.2, -0.15) is 0 Å². The second kappa shape index (κ2) is 9.16. The molecule has 0 aliphatic carbocycles. The van der Waals surface area contributed by atoms with E-state index in [4.69, 9.17) is 11.6 Å². The smallest absolute Gasteiger partial charge is 0.100 e. The van der Waals surface area contributed by atoms with Gasteiger partial charge in [0.15, 0.2) is 0 Å². The molecule has 1 saturated heterocycles. The van der Waals surface area contributed by atoms with Gasteiger partial charge >= 0.3 is 0 Å². The highest BCUT2D eigenvalue weighted by Gasteiger charge is 2.25. The lowest BCUT2D eigenvalue weighted by Gasteiger charge is -2.39. The van der Waals surface area contributed by atoms with Crippen LogP contribution in [-0.2, 0) is 5.11 Å². The fourth-order valence-corrected chi connectivity index (χ4v) is 3.52. The summed E-state index contributed by atoms with van der Waals surface area (Å²) >= 11 is 6.08. The Labute approximate surface area is 155 Å². The van der Waals surface area contributed by atoms with Crippen LogP contribution in [-0.4, -0.2) is 49.1 Å². The first-order valence-corrected chi connectivity index (χ1v) is 9.15. The molecule has 1 aliphatic rings. The molecule has 3 nitrogen and oxygen atoms in total. The topological polar surface area (TPSA) is 26.4 Å². The molecule has 2 aromatic carbocycles. The van der Waals surface area contributed by atoms with Gasteiger partial charge in [0.05, 0.1) is 6.04 Å². The van der Waals surface area contributed by atoms with E-state index >= 15 is 0 Å². The number of halogens is 1. The Hall–Kier alpha value is -1.65. The number of nitrogens with zero attached hydrogens (tertiary/aromatic N) is 2. The van der Waals surface area contributed by atoms with E-state index in [0.717, 1.165) is 37.7 Å². The maximum atomic E-state index is 10.5. The second-order valence-corrected chi connectivity index (χ2v) is 6.78. The van der Waals surface area contributed by atoms with Gasteiger partial charge in [0.2, 0.25) is 0 Å². The lowest BCUT2D eigenvalue weighted by atomic mass is 9.96. The van der Waals surface area contributed by atoms with E-state index in [-0.39, 0.29) is 12.6 Å². The SMILES string of the molecule is [O]C/C=C\CN1CCN(C(c2ccccc2)c2ccc(Cl)cc2)CC1. The molecule has 1 fully saturated rings. The average molecular weight is 356 g/mol. The fraction of sp³-hybridized carbons (Fsp3) is 0.333. The number of piperazine rings is 1. The molecular weight excluding hydrogens is 332 g/mol. The summed E-state index contributed by atoms with van der Waals surface area (Å²) in [5.74, 6) is 0. The Balaban J connectivity index is 1.75. The third-order valence-corrected chi connectivity index (χ3v) is 4.95. The van der Waals surface area contributed by atoms with Gasteiger partial charge in [0.25, 0.3) is 0 Å². The van der Waals surface area contributed by atoms with Crippen molar-refractivity contribution in [2.24, 2.45) is 0 Å². The van der Waals surface area contributed by atoms with Crippen molar-refractivity contribution < 1.29 is 5.11 Å². The average Bonchev–Trinajstić information content (AvgIpc) is 2.66. The van der Waals surface area contributed by atoms with Crippen molar-refractivity contribution in [2.45, 2.75) is 6.04 Å². The highest BCUT2D eigenvalue weighted by atomic mass is 35.5. The highest BCUT2D eigenvalue weighted by Crippen LogP contribution is 2.30. The normalized spacial score (nSPS) is 17.8. The predicted octanol–water partition coefficient (Wildman–Crippen LogP) is 4.03. The van der Waals surface area contributed by atoms with Crippen LogP contribution in [0.15, 0.2) is 66.7 Å². The molecule has 1 unspecified atom stereocenters. The van der Waals surface area contributed by atoms with Crippen LogP contribution < -0.4 is 0 Å². The van der Waals surface area contributed by atoms with Gasteiger partial charge in [-0.15, -0.1) is 0 Å². The Morgan fingerprint density at radius 3 is 2.16 bits per heavy atom. The molecule has 0 aromatic heterocycles. The number of benzene rings is 2. The van der Waals surface area contributed by atoms with E-state index in [0.29, 0.717) is 0 Å². The summed E-state index contributed by atoms with van der Waals surface area (Å²) in [7, 11) is 0. The Morgan fingerprint density at radius 1 is 0.880 bits per heavy atom. The molecule has 0 N–H and O–H groups in total. The summed E-state index contributed by atoms with van der Waals surface area (Å²) in [6, 6.07) is 19.1. The molecule has 1 heterocycles. The molecule has 3 rings (SSSR count). The summed E-state index contributed by atoms with van der Waals surface area (Å²) in [6.07, 6.45) is 3.68. The van der Waals surface area contributed by atoms with Crippen molar-refractivity contribution >= 4 is 11.6 Å². The maximum Gasteiger partial charge on any atom is 0.100 e. The lowest BCUT2D eigenvalue weighted by molar-refractivity contribution is 0.117. The van der Waals surface area contributed by atoms with Crippen LogP contribution in [0.3, 0.4) is 0 Å². The Kier molecular flexibility index (Phi) is 6.65. The van der Waals surface area contributed by atoms with E-state index in [2.05, 4.69) is 52.3 Å². The minimum Gasteiger partial charge on any atom is -0.297 e. The first kappa shape index (κ1) is 18.2. The largest absolute Gasteiger partial charge is 0.297 e. The van der Waals surface area contributed by atoms with Crippen molar-refractivity contribution in [3.8, 4) is 0 Å². The summed E-state index contributed by atoms with van der Waals surface area (Å²) in [5.41, 5.74) is 2.58. The number of hydrogen-bond acceptors (Lipinski definition) is 2. The van der Waals surface area contributed by atoms with Crippen molar-refractivity contribution in [1.82, 2.24) is 9.80 Å².